The van der Waals surface area contributed by atoms with Gasteiger partial charge in [0, 0.05) is 51.8 Å². The third kappa shape index (κ3) is 8.05. The molecule has 0 radical (unpaired) electrons. The summed E-state index contributed by atoms with van der Waals surface area (Å²) in [4.78, 5) is 32.3. The maximum atomic E-state index is 14.2. The van der Waals surface area contributed by atoms with Crippen LogP contribution in [0, 0.1) is 11.6 Å². The first-order chi connectivity index (χ1) is 21.0. The molecule has 0 saturated carbocycles. The van der Waals surface area contributed by atoms with Gasteiger partial charge in [-0.3, -0.25) is 9.69 Å². The number of anilines is 1. The summed E-state index contributed by atoms with van der Waals surface area (Å²) in [5, 5.41) is 2.54. The van der Waals surface area contributed by atoms with E-state index in [0.717, 1.165) is 30.8 Å². The first kappa shape index (κ1) is 29.9. The van der Waals surface area contributed by atoms with E-state index in [1.165, 1.54) is 22.1 Å². The summed E-state index contributed by atoms with van der Waals surface area (Å²) in [6.45, 7) is 3.15. The van der Waals surface area contributed by atoms with Crippen molar-refractivity contribution in [3.63, 3.8) is 0 Å². The van der Waals surface area contributed by atoms with Crippen LogP contribution in [0.2, 0.25) is 0 Å². The number of carbonyl (C=O) groups excluding carboxylic acids is 2. The average molecular weight is 583 g/mol. The lowest BCUT2D eigenvalue weighted by atomic mass is 9.96. The molecule has 1 aliphatic heterocycles. The number of rotatable bonds is 10. The van der Waals surface area contributed by atoms with Crippen molar-refractivity contribution in [1.29, 1.82) is 0 Å². The molecule has 0 spiro atoms. The van der Waals surface area contributed by atoms with Crippen molar-refractivity contribution >= 4 is 17.6 Å². The normalized spacial score (nSPS) is 13.6. The molecule has 1 aliphatic rings. The van der Waals surface area contributed by atoms with Crippen LogP contribution >= 0.6 is 0 Å². The van der Waals surface area contributed by atoms with Gasteiger partial charge in [-0.2, -0.15) is 0 Å². The summed E-state index contributed by atoms with van der Waals surface area (Å²) in [7, 11) is 0. The van der Waals surface area contributed by atoms with E-state index in [9.17, 15) is 18.4 Å². The average Bonchev–Trinajstić information content (AvgIpc) is 3.04. The van der Waals surface area contributed by atoms with Crippen LogP contribution in [-0.4, -0.2) is 65.9 Å². The molecular formula is C35H36F2N4O2. The third-order valence-electron chi connectivity index (χ3n) is 7.83. The van der Waals surface area contributed by atoms with Crippen LogP contribution in [0.15, 0.2) is 109 Å². The van der Waals surface area contributed by atoms with E-state index in [4.69, 9.17) is 0 Å². The van der Waals surface area contributed by atoms with Gasteiger partial charge in [-0.05, 0) is 35.2 Å². The molecule has 0 atom stereocenters. The molecule has 6 nitrogen and oxygen atoms in total. The topological polar surface area (TPSA) is 55.9 Å². The lowest BCUT2D eigenvalue weighted by molar-refractivity contribution is -0.133. The van der Waals surface area contributed by atoms with Crippen LogP contribution < -0.4 is 5.32 Å². The van der Waals surface area contributed by atoms with Crippen LogP contribution in [0.4, 0.5) is 19.3 Å². The molecule has 4 aromatic rings. The fourth-order valence-electron chi connectivity index (χ4n) is 5.51. The van der Waals surface area contributed by atoms with Gasteiger partial charge in [0.15, 0.2) is 0 Å². The Balaban J connectivity index is 1.21. The Morgan fingerprint density at radius 2 is 1.33 bits per heavy atom. The van der Waals surface area contributed by atoms with E-state index in [2.05, 4.69) is 58.7 Å². The molecule has 222 valence electrons. The highest BCUT2D eigenvalue weighted by atomic mass is 19.1. The number of urea groups is 1. The minimum absolute atomic E-state index is 0.0268. The van der Waals surface area contributed by atoms with E-state index in [0.29, 0.717) is 26.1 Å². The lowest BCUT2D eigenvalue weighted by Crippen LogP contribution is -2.50. The summed E-state index contributed by atoms with van der Waals surface area (Å²) in [5.41, 5.74) is 3.37. The maximum Gasteiger partial charge on any atom is 0.321 e. The zero-order valence-electron chi connectivity index (χ0n) is 24.0. The summed E-state index contributed by atoms with van der Waals surface area (Å²) >= 11 is 0. The molecule has 3 amide bonds. The van der Waals surface area contributed by atoms with E-state index in [1.54, 1.807) is 0 Å². The number of halogens is 2. The first-order valence-electron chi connectivity index (χ1n) is 14.6. The van der Waals surface area contributed by atoms with Gasteiger partial charge in [-0.15, -0.1) is 0 Å². The van der Waals surface area contributed by atoms with Crippen LogP contribution in [0.1, 0.15) is 29.2 Å². The first-order valence-corrected chi connectivity index (χ1v) is 14.6. The van der Waals surface area contributed by atoms with Crippen LogP contribution in [0.25, 0.3) is 0 Å². The van der Waals surface area contributed by atoms with Gasteiger partial charge in [0.2, 0.25) is 5.91 Å². The van der Waals surface area contributed by atoms with Crippen LogP contribution in [0.5, 0.6) is 0 Å². The molecule has 8 heteroatoms. The highest BCUT2D eigenvalue weighted by Gasteiger charge is 2.28. The largest absolute Gasteiger partial charge is 0.340 e. The summed E-state index contributed by atoms with van der Waals surface area (Å²) in [6, 6.07) is 33.1. The van der Waals surface area contributed by atoms with Crippen LogP contribution in [0.3, 0.4) is 0 Å². The van der Waals surface area contributed by atoms with E-state index in [-0.39, 0.29) is 30.6 Å². The Morgan fingerprint density at radius 3 is 1.91 bits per heavy atom. The van der Waals surface area contributed by atoms with Crippen molar-refractivity contribution in [3.8, 4) is 0 Å². The molecule has 1 fully saturated rings. The van der Waals surface area contributed by atoms with Crippen molar-refractivity contribution in [2.75, 3.05) is 44.6 Å². The highest BCUT2D eigenvalue weighted by molar-refractivity contribution is 5.90. The van der Waals surface area contributed by atoms with Crippen molar-refractivity contribution < 1.29 is 18.4 Å². The summed E-state index contributed by atoms with van der Waals surface area (Å²) < 4.78 is 27.6. The monoisotopic (exact) mass is 582 g/mol. The fourth-order valence-corrected chi connectivity index (χ4v) is 5.51. The molecule has 0 aromatic heterocycles. The molecule has 1 N–H and O–H groups in total. The molecule has 4 aromatic carbocycles. The minimum atomic E-state index is -0.852. The predicted molar refractivity (Wildman–Crippen MR) is 165 cm³/mol. The van der Waals surface area contributed by atoms with Gasteiger partial charge >= 0.3 is 6.03 Å². The molecule has 1 saturated heterocycles. The molecule has 0 bridgehead atoms. The van der Waals surface area contributed by atoms with E-state index >= 15 is 0 Å². The highest BCUT2D eigenvalue weighted by Crippen LogP contribution is 2.29. The standard InChI is InChI=1S/C35H36F2N4O2/c36-30-16-17-32(31(37)26-30)38-35(43)41(20-18-27-10-4-1-5-11-27)21-19-33(42)39-22-24-40(25-23-39)34(28-12-6-2-7-13-28)29-14-8-3-9-15-29/h1-17,26,34H,18-25H2,(H,38,43). The van der Waals surface area contributed by atoms with Crippen molar-refractivity contribution in [2.24, 2.45) is 0 Å². The molecule has 43 heavy (non-hydrogen) atoms. The maximum absolute atomic E-state index is 14.2. The van der Waals surface area contributed by atoms with Gasteiger partial charge in [-0.1, -0.05) is 91.0 Å². The Labute approximate surface area is 251 Å². The minimum Gasteiger partial charge on any atom is -0.340 e. The zero-order chi connectivity index (χ0) is 30.0. The number of nitrogens with one attached hydrogen (secondary N) is 1. The van der Waals surface area contributed by atoms with Gasteiger partial charge in [0.25, 0.3) is 0 Å². The van der Waals surface area contributed by atoms with Crippen molar-refractivity contribution in [1.82, 2.24) is 14.7 Å². The number of nitrogens with zero attached hydrogens (tertiary/aromatic N) is 3. The van der Waals surface area contributed by atoms with E-state index < -0.39 is 17.7 Å². The summed E-state index contributed by atoms with van der Waals surface area (Å²) in [5.74, 6) is -1.60. The smallest absolute Gasteiger partial charge is 0.321 e. The second-order valence-electron chi connectivity index (χ2n) is 10.7. The molecule has 0 unspecified atom stereocenters. The number of hydrogen-bond acceptors (Lipinski definition) is 3. The number of carbonyl (C=O) groups is 2. The second kappa shape index (κ2) is 14.6. The number of piperazine rings is 1. The Morgan fingerprint density at radius 1 is 0.744 bits per heavy atom. The zero-order valence-corrected chi connectivity index (χ0v) is 24.0. The van der Waals surface area contributed by atoms with Gasteiger partial charge in [0.1, 0.15) is 11.6 Å². The Kier molecular flexibility index (Phi) is 10.1. The van der Waals surface area contributed by atoms with Crippen molar-refractivity contribution in [3.05, 3.63) is 138 Å². The number of amides is 3. The third-order valence-corrected chi connectivity index (χ3v) is 7.83. The number of hydrogen-bond donors (Lipinski definition) is 1. The molecule has 5 rings (SSSR count). The van der Waals surface area contributed by atoms with Gasteiger partial charge < -0.3 is 15.1 Å². The number of benzene rings is 4. The van der Waals surface area contributed by atoms with Gasteiger partial charge in [0.05, 0.1) is 11.7 Å². The summed E-state index contributed by atoms with van der Waals surface area (Å²) in [6.07, 6.45) is 0.724. The van der Waals surface area contributed by atoms with Crippen molar-refractivity contribution in [2.45, 2.75) is 18.9 Å². The molecule has 0 aliphatic carbocycles. The fraction of sp³-hybridized carbons (Fsp3) is 0.257. The molecular weight excluding hydrogens is 546 g/mol. The molecule has 1 heterocycles. The Bertz CT molecular complexity index is 1440. The predicted octanol–water partition coefficient (Wildman–Crippen LogP) is 6.37. The van der Waals surface area contributed by atoms with E-state index in [1.807, 2.05) is 47.4 Å². The SMILES string of the molecule is O=C(CCN(CCc1ccccc1)C(=O)Nc1ccc(F)cc1F)N1CCN(C(c2ccccc2)c2ccccc2)CC1. The second-order valence-corrected chi connectivity index (χ2v) is 10.7. The Hall–Kier alpha value is -4.56. The van der Waals surface area contributed by atoms with Gasteiger partial charge in [-0.25, -0.2) is 13.6 Å². The van der Waals surface area contributed by atoms with Crippen LogP contribution in [-0.2, 0) is 11.2 Å². The lowest BCUT2D eigenvalue weighted by Gasteiger charge is -2.40. The quantitative estimate of drug-likeness (QED) is 0.237.